The predicted molar refractivity (Wildman–Crippen MR) is 104 cm³/mol. The van der Waals surface area contributed by atoms with E-state index in [1.165, 1.54) is 5.56 Å². The Balaban J connectivity index is 1.92. The fraction of sp³-hybridized carbons (Fsp3) is 0.579. The van der Waals surface area contributed by atoms with Crippen LogP contribution >= 0.6 is 11.3 Å². The smallest absolute Gasteiger partial charge is 0.231 e. The fourth-order valence-electron chi connectivity index (χ4n) is 3.10. The monoisotopic (exact) mass is 361 g/mol. The van der Waals surface area contributed by atoms with Crippen molar-refractivity contribution in [2.24, 2.45) is 5.92 Å². The maximum absolute atomic E-state index is 13.0. The Bertz CT molecular complexity index is 752. The number of aryl methyl sites for hydroxylation is 1. The number of thiazole rings is 1. The van der Waals surface area contributed by atoms with Crippen molar-refractivity contribution in [3.05, 3.63) is 17.7 Å². The van der Waals surface area contributed by atoms with Gasteiger partial charge in [0.05, 0.1) is 11.8 Å². The Hall–Kier alpha value is -1.66. The number of anilines is 1. The summed E-state index contributed by atoms with van der Waals surface area (Å²) in [5.74, 6) is 1.18. The average molecular weight is 362 g/mol. The van der Waals surface area contributed by atoms with Gasteiger partial charge in [0, 0.05) is 12.5 Å². The Kier molecular flexibility index (Phi) is 5.59. The molecule has 2 aromatic rings. The highest BCUT2D eigenvalue weighted by Crippen LogP contribution is 2.38. The number of ether oxygens (including phenoxy) is 1. The minimum atomic E-state index is 0.175. The molecule has 6 heteroatoms. The van der Waals surface area contributed by atoms with E-state index >= 15 is 0 Å². The molecule has 0 bridgehead atoms. The van der Waals surface area contributed by atoms with E-state index in [0.29, 0.717) is 6.54 Å². The number of hydrogen-bond acceptors (Lipinski definition) is 5. The Morgan fingerprint density at radius 2 is 2.08 bits per heavy atom. The van der Waals surface area contributed by atoms with Crippen LogP contribution in [0.3, 0.4) is 0 Å². The number of carbonyl (C=O) groups is 1. The molecule has 0 unspecified atom stereocenters. The van der Waals surface area contributed by atoms with Gasteiger partial charge in [0.2, 0.25) is 5.91 Å². The van der Waals surface area contributed by atoms with E-state index in [2.05, 4.69) is 25.9 Å². The van der Waals surface area contributed by atoms with Gasteiger partial charge in [0.1, 0.15) is 11.3 Å². The number of fused-ring (bicyclic) bond motifs is 1. The molecule has 1 saturated carbocycles. The van der Waals surface area contributed by atoms with Gasteiger partial charge in [-0.1, -0.05) is 23.8 Å². The van der Waals surface area contributed by atoms with Crippen molar-refractivity contribution in [3.63, 3.8) is 0 Å². The average Bonchev–Trinajstić information content (AvgIpc) is 2.95. The Morgan fingerprint density at radius 3 is 2.68 bits per heavy atom. The van der Waals surface area contributed by atoms with Crippen molar-refractivity contribution >= 4 is 32.6 Å². The van der Waals surface area contributed by atoms with Crippen molar-refractivity contribution < 1.29 is 9.53 Å². The zero-order valence-corrected chi connectivity index (χ0v) is 16.4. The van der Waals surface area contributed by atoms with Gasteiger partial charge in [0.25, 0.3) is 0 Å². The third-order valence-electron chi connectivity index (χ3n) is 4.85. The van der Waals surface area contributed by atoms with Crippen molar-refractivity contribution in [2.45, 2.75) is 32.6 Å². The molecule has 3 rings (SSSR count). The number of benzene rings is 1. The third kappa shape index (κ3) is 3.80. The second kappa shape index (κ2) is 7.70. The van der Waals surface area contributed by atoms with E-state index in [1.54, 1.807) is 18.4 Å². The minimum Gasteiger partial charge on any atom is -0.494 e. The Morgan fingerprint density at radius 1 is 1.32 bits per heavy atom. The molecule has 1 aromatic carbocycles. The summed E-state index contributed by atoms with van der Waals surface area (Å²) in [4.78, 5) is 21.8. The van der Waals surface area contributed by atoms with Crippen molar-refractivity contribution in [2.75, 3.05) is 39.2 Å². The lowest BCUT2D eigenvalue weighted by Gasteiger charge is -2.30. The van der Waals surface area contributed by atoms with Gasteiger partial charge in [0.15, 0.2) is 5.13 Å². The summed E-state index contributed by atoms with van der Waals surface area (Å²) in [5, 5.41) is 0.804. The van der Waals surface area contributed by atoms with Crippen molar-refractivity contribution in [3.8, 4) is 5.75 Å². The van der Waals surface area contributed by atoms with Crippen LogP contribution in [0.1, 0.15) is 31.2 Å². The van der Waals surface area contributed by atoms with Crippen LogP contribution in [0.2, 0.25) is 0 Å². The second-order valence-electron chi connectivity index (χ2n) is 7.03. The summed E-state index contributed by atoms with van der Waals surface area (Å²) in [7, 11) is 5.78. The first-order valence-electron chi connectivity index (χ1n) is 8.91. The molecule has 136 valence electrons. The van der Waals surface area contributed by atoms with Gasteiger partial charge < -0.3 is 9.64 Å². The van der Waals surface area contributed by atoms with Crippen LogP contribution in [0.25, 0.3) is 10.2 Å². The number of nitrogens with zero attached hydrogens (tertiary/aromatic N) is 3. The maximum Gasteiger partial charge on any atom is 0.231 e. The summed E-state index contributed by atoms with van der Waals surface area (Å²) >= 11 is 1.60. The van der Waals surface area contributed by atoms with Crippen LogP contribution in [0, 0.1) is 12.8 Å². The molecule has 1 amide bonds. The summed E-state index contributed by atoms with van der Waals surface area (Å²) < 4.78 is 6.57. The molecule has 25 heavy (non-hydrogen) atoms. The molecule has 1 fully saturated rings. The number of aromatic nitrogens is 1. The van der Waals surface area contributed by atoms with Crippen molar-refractivity contribution in [1.82, 2.24) is 9.88 Å². The summed E-state index contributed by atoms with van der Waals surface area (Å²) in [6.07, 6.45) is 4.12. The van der Waals surface area contributed by atoms with Crippen LogP contribution in [0.5, 0.6) is 5.75 Å². The van der Waals surface area contributed by atoms with Gasteiger partial charge in [-0.05, 0) is 58.5 Å². The van der Waals surface area contributed by atoms with Gasteiger partial charge in [-0.25, -0.2) is 4.98 Å². The van der Waals surface area contributed by atoms with Crippen LogP contribution in [0.15, 0.2) is 12.1 Å². The van der Waals surface area contributed by atoms with E-state index < -0.39 is 0 Å². The molecule has 0 radical (unpaired) electrons. The molecule has 0 aliphatic heterocycles. The zero-order valence-electron chi connectivity index (χ0n) is 15.5. The largest absolute Gasteiger partial charge is 0.494 e. The third-order valence-corrected chi connectivity index (χ3v) is 6.06. The molecule has 0 spiro atoms. The molecule has 1 aliphatic carbocycles. The Labute approximate surface area is 153 Å². The van der Waals surface area contributed by atoms with E-state index in [9.17, 15) is 4.79 Å². The van der Waals surface area contributed by atoms with E-state index in [-0.39, 0.29) is 11.8 Å². The topological polar surface area (TPSA) is 45.7 Å². The molecule has 1 heterocycles. The normalized spacial score (nSPS) is 14.8. The molecule has 0 atom stereocenters. The molecular weight excluding hydrogens is 334 g/mol. The second-order valence-corrected chi connectivity index (χ2v) is 8.01. The SMILES string of the molecule is COc1ccc(C)c2sc(N(CCCN(C)C)C(=O)C3CCC3)nc12. The lowest BCUT2D eigenvalue weighted by Crippen LogP contribution is -2.40. The minimum absolute atomic E-state index is 0.175. The van der Waals surface area contributed by atoms with Crippen LogP contribution in [0.4, 0.5) is 5.13 Å². The lowest BCUT2D eigenvalue weighted by molar-refractivity contribution is -0.124. The number of hydrogen-bond donors (Lipinski definition) is 0. The molecule has 1 aromatic heterocycles. The maximum atomic E-state index is 13.0. The van der Waals surface area contributed by atoms with E-state index in [0.717, 1.165) is 53.3 Å². The first-order chi connectivity index (χ1) is 12.0. The number of methoxy groups -OCH3 is 1. The molecule has 5 nitrogen and oxygen atoms in total. The molecule has 0 saturated heterocycles. The first kappa shape index (κ1) is 18.1. The summed E-state index contributed by atoms with van der Waals surface area (Å²) in [5.41, 5.74) is 2.03. The first-order valence-corrected chi connectivity index (χ1v) is 9.73. The van der Waals surface area contributed by atoms with E-state index in [4.69, 9.17) is 9.72 Å². The van der Waals surface area contributed by atoms with Gasteiger partial charge in [-0.2, -0.15) is 0 Å². The highest BCUT2D eigenvalue weighted by molar-refractivity contribution is 7.22. The van der Waals surface area contributed by atoms with Crippen molar-refractivity contribution in [1.29, 1.82) is 0 Å². The number of amides is 1. The predicted octanol–water partition coefficient (Wildman–Crippen LogP) is 3.70. The standard InChI is InChI=1S/C19H27N3O2S/c1-13-9-10-15(24-4)16-17(13)25-19(20-16)22(12-6-11-21(2)3)18(23)14-7-5-8-14/h9-10,14H,5-8,11-12H2,1-4H3. The zero-order chi connectivity index (χ0) is 18.0. The number of carbonyl (C=O) groups excluding carboxylic acids is 1. The van der Waals surface area contributed by atoms with Crippen LogP contribution in [-0.2, 0) is 4.79 Å². The number of rotatable bonds is 7. The highest BCUT2D eigenvalue weighted by atomic mass is 32.1. The fourth-order valence-corrected chi connectivity index (χ4v) is 4.18. The molecule has 1 aliphatic rings. The van der Waals surface area contributed by atoms with Gasteiger partial charge >= 0.3 is 0 Å². The molecule has 0 N–H and O–H groups in total. The lowest BCUT2D eigenvalue weighted by atomic mass is 9.84. The molecular formula is C19H27N3O2S. The quantitative estimate of drug-likeness (QED) is 0.754. The van der Waals surface area contributed by atoms with Gasteiger partial charge in [-0.3, -0.25) is 9.69 Å². The summed E-state index contributed by atoms with van der Waals surface area (Å²) in [6.45, 7) is 3.75. The van der Waals surface area contributed by atoms with Crippen LogP contribution < -0.4 is 9.64 Å². The highest BCUT2D eigenvalue weighted by Gasteiger charge is 2.31. The van der Waals surface area contributed by atoms with Crippen LogP contribution in [-0.4, -0.2) is 50.1 Å². The summed E-state index contributed by atoms with van der Waals surface area (Å²) in [6, 6.07) is 4.00. The van der Waals surface area contributed by atoms with E-state index in [1.807, 2.05) is 17.0 Å². The van der Waals surface area contributed by atoms with Gasteiger partial charge in [-0.15, -0.1) is 0 Å².